The van der Waals surface area contributed by atoms with Crippen molar-refractivity contribution in [1.82, 2.24) is 25.1 Å². The van der Waals surface area contributed by atoms with E-state index in [4.69, 9.17) is 0 Å². The number of nitrogens with zero attached hydrogens (tertiary/aromatic N) is 4. The number of amides is 1. The summed E-state index contributed by atoms with van der Waals surface area (Å²) >= 11 is 0. The summed E-state index contributed by atoms with van der Waals surface area (Å²) in [6.07, 6.45) is 5.34. The van der Waals surface area contributed by atoms with Crippen LogP contribution in [0.4, 0.5) is 4.39 Å². The van der Waals surface area contributed by atoms with Gasteiger partial charge >= 0.3 is 0 Å². The number of aromatic nitrogens is 4. The molecule has 5 aromatic rings. The Labute approximate surface area is 189 Å². The van der Waals surface area contributed by atoms with E-state index in [-0.39, 0.29) is 24.8 Å². The van der Waals surface area contributed by atoms with Crippen LogP contribution in [0.1, 0.15) is 5.56 Å². The van der Waals surface area contributed by atoms with Crippen LogP contribution in [-0.4, -0.2) is 25.7 Å². The zero-order valence-electron chi connectivity index (χ0n) is 17.6. The molecule has 0 saturated carbocycles. The molecule has 0 aliphatic rings. The number of rotatable bonds is 6. The van der Waals surface area contributed by atoms with Gasteiger partial charge in [0, 0.05) is 36.1 Å². The Morgan fingerprint density at radius 1 is 0.909 bits per heavy atom. The molecule has 3 aromatic heterocycles. The van der Waals surface area contributed by atoms with Gasteiger partial charge in [-0.3, -0.25) is 19.4 Å². The molecule has 7 heteroatoms. The van der Waals surface area contributed by atoms with Crippen LogP contribution in [0.15, 0.2) is 91.4 Å². The zero-order chi connectivity index (χ0) is 22.6. The number of nitrogens with one attached hydrogen (secondary N) is 1. The van der Waals surface area contributed by atoms with Gasteiger partial charge in [0.1, 0.15) is 18.1 Å². The maximum atomic E-state index is 13.4. The maximum Gasteiger partial charge on any atom is 0.241 e. The minimum atomic E-state index is -0.331. The molecule has 0 aliphatic carbocycles. The highest BCUT2D eigenvalue weighted by Gasteiger charge is 2.17. The fraction of sp³-hybridized carbons (Fsp3) is 0.0769. The Bertz CT molecular complexity index is 1430. The van der Waals surface area contributed by atoms with Crippen molar-refractivity contribution in [3.8, 4) is 22.5 Å². The highest BCUT2D eigenvalue weighted by molar-refractivity contribution is 5.97. The lowest BCUT2D eigenvalue weighted by atomic mass is 10.0. The fourth-order valence-corrected chi connectivity index (χ4v) is 3.77. The van der Waals surface area contributed by atoms with Crippen molar-refractivity contribution >= 4 is 16.8 Å². The van der Waals surface area contributed by atoms with Crippen molar-refractivity contribution in [2.75, 3.05) is 0 Å². The minimum Gasteiger partial charge on any atom is -0.350 e. The largest absolute Gasteiger partial charge is 0.350 e. The molecule has 0 spiro atoms. The molecule has 5 rings (SSSR count). The van der Waals surface area contributed by atoms with Crippen LogP contribution in [0.5, 0.6) is 0 Å². The summed E-state index contributed by atoms with van der Waals surface area (Å²) in [7, 11) is 0. The van der Waals surface area contributed by atoms with Crippen LogP contribution in [0.3, 0.4) is 0 Å². The van der Waals surface area contributed by atoms with Gasteiger partial charge in [-0.25, -0.2) is 4.39 Å². The highest BCUT2D eigenvalue weighted by atomic mass is 19.1. The Hall–Kier alpha value is -4.39. The number of benzene rings is 2. The van der Waals surface area contributed by atoms with Crippen LogP contribution < -0.4 is 5.32 Å². The number of fused-ring (bicyclic) bond motifs is 1. The molecule has 1 N–H and O–H groups in total. The smallest absolute Gasteiger partial charge is 0.241 e. The molecule has 33 heavy (non-hydrogen) atoms. The first-order valence-electron chi connectivity index (χ1n) is 10.5. The average molecular weight is 437 g/mol. The van der Waals surface area contributed by atoms with Crippen molar-refractivity contribution in [2.45, 2.75) is 13.1 Å². The topological polar surface area (TPSA) is 72.7 Å². The predicted molar refractivity (Wildman–Crippen MR) is 124 cm³/mol. The van der Waals surface area contributed by atoms with E-state index in [1.54, 1.807) is 29.2 Å². The molecule has 162 valence electrons. The van der Waals surface area contributed by atoms with Crippen LogP contribution in [-0.2, 0) is 17.9 Å². The van der Waals surface area contributed by atoms with Crippen LogP contribution in [0.25, 0.3) is 33.4 Å². The summed E-state index contributed by atoms with van der Waals surface area (Å²) in [6.45, 7) is 0.269. The number of hydrogen-bond donors (Lipinski definition) is 1. The molecule has 2 aromatic carbocycles. The van der Waals surface area contributed by atoms with E-state index in [2.05, 4.69) is 20.4 Å². The number of hydrogen-bond acceptors (Lipinski definition) is 4. The van der Waals surface area contributed by atoms with Gasteiger partial charge in [-0.1, -0.05) is 36.4 Å². The Morgan fingerprint density at radius 3 is 2.64 bits per heavy atom. The average Bonchev–Trinajstić information content (AvgIpc) is 3.26. The molecule has 0 fully saturated rings. The monoisotopic (exact) mass is 437 g/mol. The minimum absolute atomic E-state index is 0.0260. The molecule has 6 nitrogen and oxygen atoms in total. The molecule has 0 unspecified atom stereocenters. The normalized spacial score (nSPS) is 10.9. The van der Waals surface area contributed by atoms with E-state index in [0.717, 1.165) is 22.0 Å². The van der Waals surface area contributed by atoms with Crippen LogP contribution in [0, 0.1) is 5.82 Å². The summed E-state index contributed by atoms with van der Waals surface area (Å²) in [5, 5.41) is 8.50. The highest BCUT2D eigenvalue weighted by Crippen LogP contribution is 2.34. The van der Waals surface area contributed by atoms with E-state index in [0.29, 0.717) is 17.0 Å². The van der Waals surface area contributed by atoms with E-state index in [9.17, 15) is 9.18 Å². The number of carbonyl (C=O) groups is 1. The van der Waals surface area contributed by atoms with Crippen molar-refractivity contribution in [1.29, 1.82) is 0 Å². The fourth-order valence-electron chi connectivity index (χ4n) is 3.77. The maximum absolute atomic E-state index is 13.4. The predicted octanol–water partition coefficient (Wildman–Crippen LogP) is 4.62. The van der Waals surface area contributed by atoms with Crippen LogP contribution in [0.2, 0.25) is 0 Å². The second-order valence-corrected chi connectivity index (χ2v) is 7.59. The van der Waals surface area contributed by atoms with E-state index in [1.165, 1.54) is 12.1 Å². The first-order valence-corrected chi connectivity index (χ1v) is 10.5. The summed E-state index contributed by atoms with van der Waals surface area (Å²) < 4.78 is 15.0. The standard InChI is InChI=1S/C26H20FN5O/c27-19-7-5-6-18(14-19)15-30-25(33)17-32-16-22(26(31-32)24-10-3-4-12-28-24)20-11-13-29-23-9-2-1-8-21(20)23/h1-14,16H,15,17H2,(H,30,33). The SMILES string of the molecule is O=C(Cn1cc(-c2ccnc3ccccc23)c(-c2ccccn2)n1)NCc1cccc(F)c1. The van der Waals surface area contributed by atoms with Crippen molar-refractivity contribution < 1.29 is 9.18 Å². The third-order valence-corrected chi connectivity index (χ3v) is 5.29. The molecular weight excluding hydrogens is 417 g/mol. The summed E-state index contributed by atoms with van der Waals surface area (Å²) in [6, 6.07) is 21.7. The first-order chi connectivity index (χ1) is 16.2. The van der Waals surface area contributed by atoms with Crippen molar-refractivity contribution in [3.63, 3.8) is 0 Å². The third-order valence-electron chi connectivity index (χ3n) is 5.29. The molecule has 0 bridgehead atoms. The molecule has 3 heterocycles. The number of para-hydroxylation sites is 1. The van der Waals surface area contributed by atoms with Crippen molar-refractivity contribution in [2.24, 2.45) is 0 Å². The molecule has 0 radical (unpaired) electrons. The van der Waals surface area contributed by atoms with E-state index in [1.807, 2.05) is 54.7 Å². The Kier molecular flexibility index (Phi) is 5.59. The second-order valence-electron chi connectivity index (χ2n) is 7.59. The Balaban J connectivity index is 1.47. The van der Waals surface area contributed by atoms with Gasteiger partial charge in [0.05, 0.1) is 11.2 Å². The van der Waals surface area contributed by atoms with Gasteiger partial charge in [-0.05, 0) is 47.5 Å². The second kappa shape index (κ2) is 9.00. The van der Waals surface area contributed by atoms with Crippen molar-refractivity contribution in [3.05, 3.63) is 103 Å². The lowest BCUT2D eigenvalue weighted by molar-refractivity contribution is -0.122. The van der Waals surface area contributed by atoms with Gasteiger partial charge < -0.3 is 5.32 Å². The summed E-state index contributed by atoms with van der Waals surface area (Å²) in [4.78, 5) is 21.5. The molecule has 0 saturated heterocycles. The van der Waals surface area contributed by atoms with Gasteiger partial charge in [-0.15, -0.1) is 0 Å². The first kappa shape index (κ1) is 20.5. The molecular formula is C26H20FN5O. The quantitative estimate of drug-likeness (QED) is 0.421. The van der Waals surface area contributed by atoms with E-state index < -0.39 is 0 Å². The number of carbonyl (C=O) groups excluding carboxylic acids is 1. The summed E-state index contributed by atoms with van der Waals surface area (Å²) in [5.41, 5.74) is 4.81. The third kappa shape index (κ3) is 4.48. The summed E-state index contributed by atoms with van der Waals surface area (Å²) in [5.74, 6) is -0.552. The zero-order valence-corrected chi connectivity index (χ0v) is 17.6. The van der Waals surface area contributed by atoms with Gasteiger partial charge in [-0.2, -0.15) is 5.10 Å². The molecule has 0 aliphatic heterocycles. The van der Waals surface area contributed by atoms with Gasteiger partial charge in [0.2, 0.25) is 5.91 Å². The van der Waals surface area contributed by atoms with Gasteiger partial charge in [0.25, 0.3) is 0 Å². The lowest BCUT2D eigenvalue weighted by Gasteiger charge is -2.06. The molecule has 0 atom stereocenters. The van der Waals surface area contributed by atoms with Crippen LogP contribution >= 0.6 is 0 Å². The lowest BCUT2D eigenvalue weighted by Crippen LogP contribution is -2.27. The van der Waals surface area contributed by atoms with E-state index >= 15 is 0 Å². The number of pyridine rings is 2. The van der Waals surface area contributed by atoms with Gasteiger partial charge in [0.15, 0.2) is 0 Å². The number of halogens is 1. The molecule has 1 amide bonds. The Morgan fingerprint density at radius 2 is 1.79 bits per heavy atom.